The summed E-state index contributed by atoms with van der Waals surface area (Å²) in [4.78, 5) is 13.5. The van der Waals surface area contributed by atoms with Crippen LogP contribution < -0.4 is 5.73 Å². The number of hydrogen-bond acceptors (Lipinski definition) is 5. The highest BCUT2D eigenvalue weighted by Gasteiger charge is 2.33. The van der Waals surface area contributed by atoms with Crippen molar-refractivity contribution in [2.24, 2.45) is 0 Å². The van der Waals surface area contributed by atoms with Crippen LogP contribution in [0.25, 0.3) is 0 Å². The summed E-state index contributed by atoms with van der Waals surface area (Å²) in [5, 5.41) is 0.124. The largest absolute Gasteiger partial charge is 0.444 e. The van der Waals surface area contributed by atoms with Gasteiger partial charge in [-0.25, -0.2) is 13.2 Å². The van der Waals surface area contributed by atoms with Crippen molar-refractivity contribution in [3.8, 4) is 0 Å². The third-order valence-corrected chi connectivity index (χ3v) is 5.84. The lowest BCUT2D eigenvalue weighted by molar-refractivity contribution is 0.0192. The van der Waals surface area contributed by atoms with Gasteiger partial charge in [0.2, 0.25) is 10.0 Å². The van der Waals surface area contributed by atoms with E-state index in [0.717, 1.165) is 0 Å². The van der Waals surface area contributed by atoms with Crippen LogP contribution in [0.3, 0.4) is 0 Å². The van der Waals surface area contributed by atoms with Gasteiger partial charge in [-0.1, -0.05) is 11.6 Å². The van der Waals surface area contributed by atoms with Crippen molar-refractivity contribution < 1.29 is 17.9 Å². The molecule has 9 heteroatoms. The number of nitrogens with two attached hydrogens (primary N) is 1. The number of halogens is 1. The van der Waals surface area contributed by atoms with Crippen LogP contribution in [0.5, 0.6) is 0 Å². The number of benzene rings is 1. The third-order valence-electron chi connectivity index (χ3n) is 3.46. The van der Waals surface area contributed by atoms with Crippen LogP contribution in [0.1, 0.15) is 20.8 Å². The summed E-state index contributed by atoms with van der Waals surface area (Å²) in [5.74, 6) is 0. The molecule has 0 radical (unpaired) electrons. The summed E-state index contributed by atoms with van der Waals surface area (Å²) in [5.41, 5.74) is 5.40. The Labute approximate surface area is 147 Å². The molecule has 1 aliphatic heterocycles. The lowest BCUT2D eigenvalue weighted by atomic mass is 10.2. The highest BCUT2D eigenvalue weighted by molar-refractivity contribution is 7.89. The Morgan fingerprint density at radius 3 is 2.33 bits per heavy atom. The van der Waals surface area contributed by atoms with Gasteiger partial charge in [-0.15, -0.1) is 0 Å². The molecule has 0 spiro atoms. The van der Waals surface area contributed by atoms with Crippen molar-refractivity contribution in [1.82, 2.24) is 9.21 Å². The van der Waals surface area contributed by atoms with Crippen molar-refractivity contribution >= 4 is 33.4 Å². The minimum Gasteiger partial charge on any atom is -0.444 e. The molecular formula is C15H22ClN3O4S. The van der Waals surface area contributed by atoms with Gasteiger partial charge in [0.1, 0.15) is 10.5 Å². The number of anilines is 1. The summed E-state index contributed by atoms with van der Waals surface area (Å²) >= 11 is 6.01. The highest BCUT2D eigenvalue weighted by atomic mass is 35.5. The fourth-order valence-electron chi connectivity index (χ4n) is 2.29. The number of ether oxygens (including phenoxy) is 1. The number of carbonyl (C=O) groups is 1. The minimum absolute atomic E-state index is 0.0186. The molecule has 134 valence electrons. The van der Waals surface area contributed by atoms with E-state index in [2.05, 4.69) is 0 Å². The van der Waals surface area contributed by atoms with Crippen LogP contribution in [0.15, 0.2) is 23.1 Å². The Morgan fingerprint density at radius 2 is 1.79 bits per heavy atom. The number of nitrogen functional groups attached to an aromatic ring is 1. The van der Waals surface area contributed by atoms with Gasteiger partial charge in [0.05, 0.1) is 5.02 Å². The third kappa shape index (κ3) is 4.31. The molecule has 2 rings (SSSR count). The first-order valence-electron chi connectivity index (χ1n) is 7.54. The fourth-order valence-corrected chi connectivity index (χ4v) is 4.23. The Kier molecular flexibility index (Phi) is 5.31. The zero-order chi connectivity index (χ0) is 18.1. The standard InChI is InChI=1S/C15H22ClN3O4S/c1-15(2,3)23-14(20)18-6-8-19(9-7-18)24(21,22)13-10-11(17)4-5-12(13)16/h4-5,10H,6-9,17H2,1-3H3. The van der Waals surface area contributed by atoms with Crippen molar-refractivity contribution in [3.63, 3.8) is 0 Å². The number of carbonyl (C=O) groups excluding carboxylic acids is 1. The summed E-state index contributed by atoms with van der Waals surface area (Å²) < 4.78 is 32.0. The van der Waals surface area contributed by atoms with Crippen molar-refractivity contribution in [2.75, 3.05) is 31.9 Å². The van der Waals surface area contributed by atoms with E-state index in [1.165, 1.54) is 21.3 Å². The van der Waals surface area contributed by atoms with Gasteiger partial charge >= 0.3 is 6.09 Å². The van der Waals surface area contributed by atoms with E-state index >= 15 is 0 Å². The quantitative estimate of drug-likeness (QED) is 0.799. The maximum atomic E-state index is 12.7. The summed E-state index contributed by atoms with van der Waals surface area (Å²) in [7, 11) is -3.76. The predicted molar refractivity (Wildman–Crippen MR) is 92.4 cm³/mol. The SMILES string of the molecule is CC(C)(C)OC(=O)N1CCN(S(=O)(=O)c2cc(N)ccc2Cl)CC1. The molecule has 1 amide bonds. The van der Waals surface area contributed by atoms with E-state index in [1.807, 2.05) is 0 Å². The Balaban J connectivity index is 2.09. The van der Waals surface area contributed by atoms with E-state index in [0.29, 0.717) is 5.69 Å². The minimum atomic E-state index is -3.76. The molecule has 24 heavy (non-hydrogen) atoms. The molecule has 1 aromatic rings. The van der Waals surface area contributed by atoms with E-state index in [4.69, 9.17) is 22.1 Å². The summed E-state index contributed by atoms with van der Waals surface area (Å²) in [6.45, 7) is 6.22. The lowest BCUT2D eigenvalue weighted by Crippen LogP contribution is -2.51. The molecule has 0 unspecified atom stereocenters. The van der Waals surface area contributed by atoms with E-state index in [-0.39, 0.29) is 36.1 Å². The molecule has 0 bridgehead atoms. The first kappa shape index (κ1) is 18.8. The molecule has 0 saturated carbocycles. The average Bonchev–Trinajstić information content (AvgIpc) is 2.48. The maximum absolute atomic E-state index is 12.7. The zero-order valence-corrected chi connectivity index (χ0v) is 15.5. The monoisotopic (exact) mass is 375 g/mol. The van der Waals surface area contributed by atoms with Gasteiger partial charge in [0.15, 0.2) is 0 Å². The normalized spacial score (nSPS) is 16.9. The van der Waals surface area contributed by atoms with Crippen LogP contribution in [0.2, 0.25) is 5.02 Å². The van der Waals surface area contributed by atoms with Gasteiger partial charge in [-0.3, -0.25) is 0 Å². The summed E-state index contributed by atoms with van der Waals surface area (Å²) in [6, 6.07) is 4.35. The topological polar surface area (TPSA) is 92.9 Å². The van der Waals surface area contributed by atoms with E-state index < -0.39 is 21.7 Å². The number of sulfonamides is 1. The van der Waals surface area contributed by atoms with Crippen molar-refractivity contribution in [1.29, 1.82) is 0 Å². The van der Waals surface area contributed by atoms with Crippen LogP contribution in [-0.4, -0.2) is 55.5 Å². The molecule has 1 aliphatic rings. The van der Waals surface area contributed by atoms with E-state index in [9.17, 15) is 13.2 Å². The van der Waals surface area contributed by atoms with Crippen LogP contribution in [0.4, 0.5) is 10.5 Å². The second kappa shape index (κ2) is 6.78. The number of rotatable bonds is 2. The number of hydrogen-bond donors (Lipinski definition) is 1. The Bertz CT molecular complexity index is 723. The number of amides is 1. The van der Waals surface area contributed by atoms with Crippen molar-refractivity contribution in [3.05, 3.63) is 23.2 Å². The van der Waals surface area contributed by atoms with E-state index in [1.54, 1.807) is 26.8 Å². The molecule has 0 aliphatic carbocycles. The molecule has 1 heterocycles. The van der Waals surface area contributed by atoms with Gasteiger partial charge in [-0.05, 0) is 39.0 Å². The first-order valence-corrected chi connectivity index (χ1v) is 9.35. The van der Waals surface area contributed by atoms with Crippen LogP contribution in [-0.2, 0) is 14.8 Å². The molecular weight excluding hydrogens is 354 g/mol. The fraction of sp³-hybridized carbons (Fsp3) is 0.533. The molecule has 1 aromatic carbocycles. The van der Waals surface area contributed by atoms with Gasteiger partial charge in [0, 0.05) is 31.9 Å². The average molecular weight is 376 g/mol. The first-order chi connectivity index (χ1) is 11.0. The molecule has 1 fully saturated rings. The second-order valence-electron chi connectivity index (χ2n) is 6.56. The lowest BCUT2D eigenvalue weighted by Gasteiger charge is -2.35. The number of piperazine rings is 1. The second-order valence-corrected chi connectivity index (χ2v) is 8.87. The predicted octanol–water partition coefficient (Wildman–Crippen LogP) is 2.16. The molecule has 7 nitrogen and oxygen atoms in total. The smallest absolute Gasteiger partial charge is 0.410 e. The number of nitrogens with zero attached hydrogens (tertiary/aromatic N) is 2. The molecule has 2 N–H and O–H groups in total. The highest BCUT2D eigenvalue weighted by Crippen LogP contribution is 2.27. The van der Waals surface area contributed by atoms with Crippen LogP contribution in [0, 0.1) is 0 Å². The molecule has 1 saturated heterocycles. The van der Waals surface area contributed by atoms with Crippen LogP contribution >= 0.6 is 11.6 Å². The van der Waals surface area contributed by atoms with Gasteiger partial charge in [0.25, 0.3) is 0 Å². The molecule has 0 aromatic heterocycles. The summed E-state index contributed by atoms with van der Waals surface area (Å²) in [6.07, 6.45) is -0.443. The Morgan fingerprint density at radius 1 is 1.21 bits per heavy atom. The van der Waals surface area contributed by atoms with Gasteiger partial charge in [-0.2, -0.15) is 4.31 Å². The molecule has 0 atom stereocenters. The zero-order valence-electron chi connectivity index (χ0n) is 14.0. The Hall–Kier alpha value is -1.51. The maximum Gasteiger partial charge on any atom is 0.410 e. The van der Waals surface area contributed by atoms with Crippen molar-refractivity contribution in [2.45, 2.75) is 31.3 Å². The van der Waals surface area contributed by atoms with Gasteiger partial charge < -0.3 is 15.4 Å².